The van der Waals surface area contributed by atoms with Crippen LogP contribution in [0.3, 0.4) is 0 Å². The van der Waals surface area contributed by atoms with E-state index < -0.39 is 32.1 Å². The van der Waals surface area contributed by atoms with E-state index in [-0.39, 0.29) is 61.0 Å². The molecule has 0 saturated carbocycles. The van der Waals surface area contributed by atoms with Crippen LogP contribution < -0.4 is 5.73 Å². The minimum atomic E-state index is -3.88. The summed E-state index contributed by atoms with van der Waals surface area (Å²) in [7, 11) is -7.02. The molecule has 0 radical (unpaired) electrons. The number of nitrogens with zero attached hydrogens (tertiary/aromatic N) is 2. The molecule has 3 saturated heterocycles. The average molecular weight is 502 g/mol. The van der Waals surface area contributed by atoms with Crippen LogP contribution in [0.25, 0.3) is 0 Å². The summed E-state index contributed by atoms with van der Waals surface area (Å²) in [5.41, 5.74) is 6.39. The summed E-state index contributed by atoms with van der Waals surface area (Å²) in [6.45, 7) is 1.73. The lowest BCUT2D eigenvalue weighted by atomic mass is 9.88. The maximum absolute atomic E-state index is 13.5. The van der Waals surface area contributed by atoms with E-state index in [1.807, 2.05) is 0 Å². The largest absolute Gasteiger partial charge is 0.352 e. The Kier molecular flexibility index (Phi) is 7.41. The Bertz CT molecular complexity index is 1060. The van der Waals surface area contributed by atoms with Crippen LogP contribution in [0, 0.1) is 11.8 Å². The molecule has 3 heterocycles. The van der Waals surface area contributed by atoms with E-state index >= 15 is 0 Å². The number of carbonyl (C=O) groups excluding carboxylic acids is 1. The molecule has 3 aliphatic rings. The number of ether oxygens (including phenoxy) is 2. The first-order valence-corrected chi connectivity index (χ1v) is 14.5. The second-order valence-electron chi connectivity index (χ2n) is 8.81. The summed E-state index contributed by atoms with van der Waals surface area (Å²) >= 11 is 0. The van der Waals surface area contributed by atoms with Gasteiger partial charge in [0.15, 0.2) is 16.1 Å². The number of hydrogen-bond acceptors (Lipinski definition) is 8. The molecule has 0 aliphatic carbocycles. The van der Waals surface area contributed by atoms with Gasteiger partial charge in [0, 0.05) is 38.6 Å². The third kappa shape index (κ3) is 5.57. The van der Waals surface area contributed by atoms with Crippen LogP contribution >= 0.6 is 0 Å². The lowest BCUT2D eigenvalue weighted by Gasteiger charge is -2.41. The highest BCUT2D eigenvalue weighted by molar-refractivity contribution is 7.91. The van der Waals surface area contributed by atoms with E-state index in [1.165, 1.54) is 15.3 Å². The van der Waals surface area contributed by atoms with E-state index in [1.54, 1.807) is 18.2 Å². The van der Waals surface area contributed by atoms with E-state index in [2.05, 4.69) is 0 Å². The number of carbonyl (C=O) groups is 1. The van der Waals surface area contributed by atoms with Gasteiger partial charge in [-0.3, -0.25) is 4.79 Å². The topological polar surface area (TPSA) is 136 Å². The molecule has 0 spiro atoms. The maximum atomic E-state index is 13.5. The van der Waals surface area contributed by atoms with Crippen molar-refractivity contribution in [2.45, 2.75) is 30.6 Å². The standard InChI is InChI=1S/C21H31N3O7S2/c22-13-16-3-1-4-19(11-16)33(28,29)24-14-17(12-18(15-24)21-30-7-2-8-31-21)20(25)23-5-9-32(26,27)10-6-23/h1,3-4,11,17-18,21H,2,5-10,12-15,22H2/t17-,18+/m0/s1. The van der Waals surface area contributed by atoms with Gasteiger partial charge in [-0.15, -0.1) is 0 Å². The Morgan fingerprint density at radius 2 is 1.82 bits per heavy atom. The fourth-order valence-corrected chi connectivity index (χ4v) is 7.43. The molecule has 12 heteroatoms. The third-order valence-electron chi connectivity index (χ3n) is 6.46. The predicted octanol–water partition coefficient (Wildman–Crippen LogP) is -0.208. The molecule has 3 fully saturated rings. The predicted molar refractivity (Wildman–Crippen MR) is 120 cm³/mol. The first-order chi connectivity index (χ1) is 15.7. The highest BCUT2D eigenvalue weighted by atomic mass is 32.2. The Hall–Kier alpha value is -1.57. The number of nitrogens with two attached hydrogens (primary N) is 1. The lowest BCUT2D eigenvalue weighted by Crippen LogP contribution is -2.54. The number of sulfone groups is 1. The number of rotatable bonds is 5. The molecule has 1 amide bonds. The van der Waals surface area contributed by atoms with Crippen molar-refractivity contribution in [3.63, 3.8) is 0 Å². The molecule has 33 heavy (non-hydrogen) atoms. The SMILES string of the molecule is NCc1cccc(S(=O)(=O)N2C[C@@H](C(=O)N3CCS(=O)(=O)CC3)C[C@@H](C3OCCCO3)C2)c1. The molecule has 0 unspecified atom stereocenters. The minimum absolute atomic E-state index is 0.0283. The Labute approximate surface area is 195 Å². The van der Waals surface area contributed by atoms with Crippen LogP contribution in [0.2, 0.25) is 0 Å². The molecular formula is C21H31N3O7S2. The van der Waals surface area contributed by atoms with Gasteiger partial charge in [-0.2, -0.15) is 4.31 Å². The van der Waals surface area contributed by atoms with Crippen LogP contribution in [0.4, 0.5) is 0 Å². The summed E-state index contributed by atoms with van der Waals surface area (Å²) in [5, 5.41) is 0. The maximum Gasteiger partial charge on any atom is 0.243 e. The van der Waals surface area contributed by atoms with Crippen molar-refractivity contribution in [2.75, 3.05) is 50.9 Å². The van der Waals surface area contributed by atoms with E-state index in [0.29, 0.717) is 25.2 Å². The number of sulfonamides is 1. The molecule has 1 aromatic carbocycles. The van der Waals surface area contributed by atoms with Gasteiger partial charge in [-0.05, 0) is 30.5 Å². The fourth-order valence-electron chi connectivity index (χ4n) is 4.62. The van der Waals surface area contributed by atoms with E-state index in [9.17, 15) is 21.6 Å². The Balaban J connectivity index is 1.58. The number of amides is 1. The second-order valence-corrected chi connectivity index (χ2v) is 13.0. The quantitative estimate of drug-likeness (QED) is 0.585. The van der Waals surface area contributed by atoms with Crippen LogP contribution in [-0.2, 0) is 40.7 Å². The zero-order valence-corrected chi connectivity index (χ0v) is 20.1. The highest BCUT2D eigenvalue weighted by Gasteiger charge is 2.43. The van der Waals surface area contributed by atoms with E-state index in [0.717, 1.165) is 6.42 Å². The van der Waals surface area contributed by atoms with Gasteiger partial charge < -0.3 is 20.1 Å². The lowest BCUT2D eigenvalue weighted by molar-refractivity contribution is -0.212. The van der Waals surface area contributed by atoms with Crippen molar-refractivity contribution in [3.05, 3.63) is 29.8 Å². The summed E-state index contributed by atoms with van der Waals surface area (Å²) in [4.78, 5) is 15.0. The Morgan fingerprint density at radius 1 is 1.12 bits per heavy atom. The van der Waals surface area contributed by atoms with Crippen molar-refractivity contribution in [1.29, 1.82) is 0 Å². The van der Waals surface area contributed by atoms with Crippen molar-refractivity contribution in [2.24, 2.45) is 17.6 Å². The zero-order valence-electron chi connectivity index (χ0n) is 18.5. The second kappa shape index (κ2) is 9.96. The van der Waals surface area contributed by atoms with Crippen molar-refractivity contribution < 1.29 is 31.1 Å². The molecule has 10 nitrogen and oxygen atoms in total. The van der Waals surface area contributed by atoms with E-state index in [4.69, 9.17) is 15.2 Å². The van der Waals surface area contributed by atoms with Crippen molar-refractivity contribution in [1.82, 2.24) is 9.21 Å². The molecule has 0 bridgehead atoms. The Morgan fingerprint density at radius 3 is 2.48 bits per heavy atom. The van der Waals surface area contributed by atoms with Gasteiger partial charge in [0.05, 0.1) is 35.5 Å². The minimum Gasteiger partial charge on any atom is -0.352 e. The fraction of sp³-hybridized carbons (Fsp3) is 0.667. The van der Waals surface area contributed by atoms with Crippen LogP contribution in [0.5, 0.6) is 0 Å². The molecular weight excluding hydrogens is 470 g/mol. The normalized spacial score (nSPS) is 27.4. The molecule has 1 aromatic rings. The van der Waals surface area contributed by atoms with Gasteiger partial charge in [0.1, 0.15) is 0 Å². The summed E-state index contributed by atoms with van der Waals surface area (Å²) in [5.74, 6) is -1.28. The molecule has 2 N–H and O–H groups in total. The van der Waals surface area contributed by atoms with Crippen LogP contribution in [0.1, 0.15) is 18.4 Å². The summed E-state index contributed by atoms with van der Waals surface area (Å²) < 4.78 is 63.4. The average Bonchev–Trinajstić information content (AvgIpc) is 2.84. The first kappa shape index (κ1) is 24.6. The van der Waals surface area contributed by atoms with Crippen molar-refractivity contribution in [3.8, 4) is 0 Å². The van der Waals surface area contributed by atoms with Crippen molar-refractivity contribution >= 4 is 25.8 Å². The molecule has 4 rings (SSSR count). The number of benzene rings is 1. The van der Waals surface area contributed by atoms with Gasteiger partial charge in [-0.1, -0.05) is 12.1 Å². The number of hydrogen-bond donors (Lipinski definition) is 1. The van der Waals surface area contributed by atoms with Gasteiger partial charge in [0.2, 0.25) is 15.9 Å². The van der Waals surface area contributed by atoms with Crippen LogP contribution in [-0.4, -0.2) is 89.1 Å². The van der Waals surface area contributed by atoms with Gasteiger partial charge in [-0.25, -0.2) is 16.8 Å². The monoisotopic (exact) mass is 501 g/mol. The smallest absolute Gasteiger partial charge is 0.243 e. The molecule has 2 atom stereocenters. The molecule has 0 aromatic heterocycles. The first-order valence-electron chi connectivity index (χ1n) is 11.2. The third-order valence-corrected chi connectivity index (χ3v) is 9.90. The zero-order chi connectivity index (χ0) is 23.6. The summed E-state index contributed by atoms with van der Waals surface area (Å²) in [6.07, 6.45) is 0.604. The summed E-state index contributed by atoms with van der Waals surface area (Å²) in [6, 6.07) is 6.50. The molecule has 3 aliphatic heterocycles. The number of piperidine rings is 1. The highest BCUT2D eigenvalue weighted by Crippen LogP contribution is 2.33. The molecule has 184 valence electrons. The van der Waals surface area contributed by atoms with Crippen LogP contribution in [0.15, 0.2) is 29.2 Å². The van der Waals surface area contributed by atoms with Gasteiger partial charge >= 0.3 is 0 Å². The van der Waals surface area contributed by atoms with Gasteiger partial charge in [0.25, 0.3) is 0 Å².